The Morgan fingerprint density at radius 3 is 2.47 bits per heavy atom. The van der Waals surface area contributed by atoms with Gasteiger partial charge in [-0.1, -0.05) is 51.8 Å². The molecule has 1 rings (SSSR count). The standard InChI is InChI=1S/C15H25NO/c1-4-13(5-2)12-17-15-10-8-7-9-14(15)11-16-6-3/h7-10,13,16H,4-6,11-12H2,1-3H3. The monoisotopic (exact) mass is 235 g/mol. The van der Waals surface area contributed by atoms with Gasteiger partial charge in [0.1, 0.15) is 5.75 Å². The Morgan fingerprint density at radius 2 is 1.82 bits per heavy atom. The third-order valence-corrected chi connectivity index (χ3v) is 3.17. The molecule has 0 radical (unpaired) electrons. The molecule has 0 aliphatic carbocycles. The zero-order valence-electron chi connectivity index (χ0n) is 11.3. The van der Waals surface area contributed by atoms with Crippen LogP contribution in [-0.2, 0) is 6.54 Å². The van der Waals surface area contributed by atoms with Crippen LogP contribution in [0.1, 0.15) is 39.2 Å². The fraction of sp³-hybridized carbons (Fsp3) is 0.600. The Bertz CT molecular complexity index is 308. The van der Waals surface area contributed by atoms with Gasteiger partial charge < -0.3 is 10.1 Å². The van der Waals surface area contributed by atoms with E-state index in [-0.39, 0.29) is 0 Å². The van der Waals surface area contributed by atoms with Gasteiger partial charge >= 0.3 is 0 Å². The maximum atomic E-state index is 5.94. The van der Waals surface area contributed by atoms with E-state index < -0.39 is 0 Å². The van der Waals surface area contributed by atoms with Crippen LogP contribution < -0.4 is 10.1 Å². The van der Waals surface area contributed by atoms with E-state index in [1.165, 1.54) is 18.4 Å². The number of ether oxygens (including phenoxy) is 1. The lowest BCUT2D eigenvalue weighted by Crippen LogP contribution is -2.15. The third kappa shape index (κ3) is 4.78. The number of benzene rings is 1. The Morgan fingerprint density at radius 1 is 1.12 bits per heavy atom. The fourth-order valence-corrected chi connectivity index (χ4v) is 1.78. The molecule has 0 atom stereocenters. The summed E-state index contributed by atoms with van der Waals surface area (Å²) in [5.41, 5.74) is 1.25. The lowest BCUT2D eigenvalue weighted by atomic mass is 10.1. The number of hydrogen-bond acceptors (Lipinski definition) is 2. The van der Waals surface area contributed by atoms with Crippen LogP contribution in [0.4, 0.5) is 0 Å². The summed E-state index contributed by atoms with van der Waals surface area (Å²) in [4.78, 5) is 0. The average molecular weight is 235 g/mol. The van der Waals surface area contributed by atoms with Gasteiger partial charge in [-0.2, -0.15) is 0 Å². The van der Waals surface area contributed by atoms with E-state index in [4.69, 9.17) is 4.74 Å². The molecule has 1 N–H and O–H groups in total. The highest BCUT2D eigenvalue weighted by atomic mass is 16.5. The summed E-state index contributed by atoms with van der Waals surface area (Å²) < 4.78 is 5.94. The third-order valence-electron chi connectivity index (χ3n) is 3.17. The molecule has 0 saturated heterocycles. The summed E-state index contributed by atoms with van der Waals surface area (Å²) in [7, 11) is 0. The van der Waals surface area contributed by atoms with Crippen molar-refractivity contribution in [3.05, 3.63) is 29.8 Å². The van der Waals surface area contributed by atoms with E-state index >= 15 is 0 Å². The van der Waals surface area contributed by atoms with E-state index in [9.17, 15) is 0 Å². The van der Waals surface area contributed by atoms with Crippen LogP contribution in [0.2, 0.25) is 0 Å². The largest absolute Gasteiger partial charge is 0.493 e. The number of para-hydroxylation sites is 1. The van der Waals surface area contributed by atoms with Crippen molar-refractivity contribution in [1.82, 2.24) is 5.32 Å². The zero-order chi connectivity index (χ0) is 12.5. The predicted molar refractivity (Wildman–Crippen MR) is 73.4 cm³/mol. The van der Waals surface area contributed by atoms with Gasteiger partial charge in [-0.25, -0.2) is 0 Å². The van der Waals surface area contributed by atoms with E-state index in [1.54, 1.807) is 0 Å². The first-order chi connectivity index (χ1) is 8.31. The SMILES string of the molecule is CCNCc1ccccc1OCC(CC)CC. The van der Waals surface area contributed by atoms with Gasteiger partial charge in [0.2, 0.25) is 0 Å². The summed E-state index contributed by atoms with van der Waals surface area (Å²) in [5.74, 6) is 1.70. The van der Waals surface area contributed by atoms with Gasteiger partial charge in [-0.05, 0) is 18.5 Å². The molecule has 2 heteroatoms. The van der Waals surface area contributed by atoms with Crippen LogP contribution in [0.5, 0.6) is 5.75 Å². The van der Waals surface area contributed by atoms with Gasteiger partial charge in [-0.3, -0.25) is 0 Å². The molecule has 0 aliphatic heterocycles. The maximum absolute atomic E-state index is 5.94. The first kappa shape index (κ1) is 14.0. The Labute approximate surface area is 105 Å². The van der Waals surface area contributed by atoms with Crippen LogP contribution in [-0.4, -0.2) is 13.2 Å². The Kier molecular flexibility index (Phi) is 6.71. The van der Waals surface area contributed by atoms with Gasteiger partial charge in [0, 0.05) is 12.1 Å². The zero-order valence-corrected chi connectivity index (χ0v) is 11.3. The summed E-state index contributed by atoms with van der Waals surface area (Å²) in [6.07, 6.45) is 2.37. The first-order valence-corrected chi connectivity index (χ1v) is 6.73. The van der Waals surface area contributed by atoms with Crippen LogP contribution in [0.15, 0.2) is 24.3 Å². The van der Waals surface area contributed by atoms with Crippen LogP contribution in [0.3, 0.4) is 0 Å². The van der Waals surface area contributed by atoms with Crippen LogP contribution in [0, 0.1) is 5.92 Å². The molecule has 0 unspecified atom stereocenters. The van der Waals surface area contributed by atoms with Crippen molar-refractivity contribution in [2.75, 3.05) is 13.2 Å². The number of hydrogen-bond donors (Lipinski definition) is 1. The van der Waals surface area contributed by atoms with Crippen molar-refractivity contribution >= 4 is 0 Å². The van der Waals surface area contributed by atoms with Crippen molar-refractivity contribution in [1.29, 1.82) is 0 Å². The molecule has 0 aromatic heterocycles. The van der Waals surface area contributed by atoms with E-state index in [0.717, 1.165) is 25.4 Å². The van der Waals surface area contributed by atoms with Crippen LogP contribution in [0.25, 0.3) is 0 Å². The molecule has 0 saturated carbocycles. The Balaban J connectivity index is 2.56. The average Bonchev–Trinajstić information content (AvgIpc) is 2.38. The molecule has 0 fully saturated rings. The highest BCUT2D eigenvalue weighted by Gasteiger charge is 2.07. The van der Waals surface area contributed by atoms with Crippen molar-refractivity contribution < 1.29 is 4.74 Å². The minimum Gasteiger partial charge on any atom is -0.493 e. The van der Waals surface area contributed by atoms with E-state index in [2.05, 4.69) is 44.3 Å². The second kappa shape index (κ2) is 8.13. The second-order valence-electron chi connectivity index (χ2n) is 4.38. The minimum atomic E-state index is 0.669. The molecular formula is C15H25NO. The van der Waals surface area contributed by atoms with Gasteiger partial charge in [0.15, 0.2) is 0 Å². The lowest BCUT2D eigenvalue weighted by molar-refractivity contribution is 0.238. The fourth-order valence-electron chi connectivity index (χ4n) is 1.78. The molecule has 96 valence electrons. The number of rotatable bonds is 8. The highest BCUT2D eigenvalue weighted by Crippen LogP contribution is 2.19. The predicted octanol–water partition coefficient (Wildman–Crippen LogP) is 3.61. The maximum Gasteiger partial charge on any atom is 0.123 e. The smallest absolute Gasteiger partial charge is 0.123 e. The molecule has 1 aromatic carbocycles. The summed E-state index contributed by atoms with van der Waals surface area (Å²) >= 11 is 0. The van der Waals surface area contributed by atoms with Crippen molar-refractivity contribution in [2.45, 2.75) is 40.2 Å². The molecule has 0 bridgehead atoms. The molecule has 1 aromatic rings. The molecular weight excluding hydrogens is 210 g/mol. The normalized spacial score (nSPS) is 10.8. The van der Waals surface area contributed by atoms with E-state index in [1.807, 2.05) is 6.07 Å². The summed E-state index contributed by atoms with van der Waals surface area (Å²) in [6, 6.07) is 8.30. The quantitative estimate of drug-likeness (QED) is 0.743. The molecule has 0 heterocycles. The van der Waals surface area contributed by atoms with Crippen molar-refractivity contribution in [3.8, 4) is 5.75 Å². The lowest BCUT2D eigenvalue weighted by Gasteiger charge is -2.16. The molecule has 0 spiro atoms. The number of nitrogens with one attached hydrogen (secondary N) is 1. The molecule has 17 heavy (non-hydrogen) atoms. The van der Waals surface area contributed by atoms with Gasteiger partial charge in [0.25, 0.3) is 0 Å². The molecule has 2 nitrogen and oxygen atoms in total. The summed E-state index contributed by atoms with van der Waals surface area (Å²) in [6.45, 7) is 9.27. The van der Waals surface area contributed by atoms with Crippen LogP contribution >= 0.6 is 0 Å². The summed E-state index contributed by atoms with van der Waals surface area (Å²) in [5, 5.41) is 3.34. The van der Waals surface area contributed by atoms with Gasteiger partial charge in [-0.15, -0.1) is 0 Å². The van der Waals surface area contributed by atoms with E-state index in [0.29, 0.717) is 5.92 Å². The Hall–Kier alpha value is -1.02. The molecule has 0 amide bonds. The highest BCUT2D eigenvalue weighted by molar-refractivity contribution is 5.33. The van der Waals surface area contributed by atoms with Crippen molar-refractivity contribution in [2.24, 2.45) is 5.92 Å². The van der Waals surface area contributed by atoms with Crippen molar-refractivity contribution in [3.63, 3.8) is 0 Å². The minimum absolute atomic E-state index is 0.669. The molecule has 0 aliphatic rings. The topological polar surface area (TPSA) is 21.3 Å². The second-order valence-corrected chi connectivity index (χ2v) is 4.38. The first-order valence-electron chi connectivity index (χ1n) is 6.73. The van der Waals surface area contributed by atoms with Gasteiger partial charge in [0.05, 0.1) is 6.61 Å².